The maximum atomic E-state index is 12.6. The largest absolute Gasteiger partial charge is 0.483 e. The second kappa shape index (κ2) is 9.59. The summed E-state index contributed by atoms with van der Waals surface area (Å²) in [6.07, 6.45) is 1.51. The number of nitrogens with one attached hydrogen (secondary N) is 1. The number of carbonyl (C=O) groups is 2. The van der Waals surface area contributed by atoms with E-state index >= 15 is 0 Å². The number of hydrogen-bond donors (Lipinski definition) is 1. The van der Waals surface area contributed by atoms with Crippen LogP contribution in [0.15, 0.2) is 48.5 Å². The molecule has 1 aliphatic heterocycles. The van der Waals surface area contributed by atoms with Gasteiger partial charge in [0.25, 0.3) is 11.8 Å². The molecule has 5 heteroatoms. The molecule has 0 saturated carbocycles. The molecule has 154 valence electrons. The van der Waals surface area contributed by atoms with Gasteiger partial charge in [0.1, 0.15) is 5.75 Å². The molecule has 2 aromatic rings. The van der Waals surface area contributed by atoms with E-state index in [-0.39, 0.29) is 24.5 Å². The van der Waals surface area contributed by atoms with Gasteiger partial charge >= 0.3 is 0 Å². The molecule has 1 N–H and O–H groups in total. The standard InChI is InChI=1S/C24H30N2O3/c1-17(2)21-10-9-18(3)15-22(21)29-16-23(27)26-13-11-20(12-14-26)25-24(28)19-7-5-4-6-8-19/h4-10,15,17,20H,11-14,16H2,1-3H3,(H,25,28). The lowest BCUT2D eigenvalue weighted by molar-refractivity contribution is -0.134. The van der Waals surface area contributed by atoms with Gasteiger partial charge in [-0.25, -0.2) is 0 Å². The lowest BCUT2D eigenvalue weighted by atomic mass is 10.0. The summed E-state index contributed by atoms with van der Waals surface area (Å²) in [5.41, 5.74) is 2.90. The maximum absolute atomic E-state index is 12.6. The highest BCUT2D eigenvalue weighted by atomic mass is 16.5. The zero-order chi connectivity index (χ0) is 20.8. The van der Waals surface area contributed by atoms with E-state index in [1.165, 1.54) is 0 Å². The average Bonchev–Trinajstić information content (AvgIpc) is 2.73. The molecule has 0 spiro atoms. The van der Waals surface area contributed by atoms with Crippen LogP contribution in [0.1, 0.15) is 54.1 Å². The van der Waals surface area contributed by atoms with Gasteiger partial charge in [0.05, 0.1) is 0 Å². The lowest BCUT2D eigenvalue weighted by Crippen LogP contribution is -2.47. The summed E-state index contributed by atoms with van der Waals surface area (Å²) >= 11 is 0. The number of nitrogens with zero attached hydrogens (tertiary/aromatic N) is 1. The van der Waals surface area contributed by atoms with Crippen molar-refractivity contribution in [3.8, 4) is 5.75 Å². The Balaban J connectivity index is 1.48. The van der Waals surface area contributed by atoms with E-state index in [0.717, 1.165) is 29.7 Å². The van der Waals surface area contributed by atoms with Crippen LogP contribution in [0.2, 0.25) is 0 Å². The third-order valence-electron chi connectivity index (χ3n) is 5.36. The van der Waals surface area contributed by atoms with E-state index in [0.29, 0.717) is 24.6 Å². The van der Waals surface area contributed by atoms with Crippen molar-refractivity contribution in [3.05, 3.63) is 65.2 Å². The molecule has 3 rings (SSSR count). The summed E-state index contributed by atoms with van der Waals surface area (Å²) in [7, 11) is 0. The van der Waals surface area contributed by atoms with Crippen molar-refractivity contribution in [1.29, 1.82) is 0 Å². The van der Waals surface area contributed by atoms with Gasteiger partial charge in [0.2, 0.25) is 0 Å². The second-order valence-electron chi connectivity index (χ2n) is 7.98. The van der Waals surface area contributed by atoms with Crippen molar-refractivity contribution >= 4 is 11.8 Å². The highest BCUT2D eigenvalue weighted by Gasteiger charge is 2.24. The van der Waals surface area contributed by atoms with Crippen LogP contribution < -0.4 is 10.1 Å². The van der Waals surface area contributed by atoms with Crippen molar-refractivity contribution in [1.82, 2.24) is 10.2 Å². The molecule has 0 aromatic heterocycles. The molecule has 29 heavy (non-hydrogen) atoms. The van der Waals surface area contributed by atoms with Crippen LogP contribution in [0.25, 0.3) is 0 Å². The Bertz CT molecular complexity index is 840. The zero-order valence-corrected chi connectivity index (χ0v) is 17.5. The first-order valence-electron chi connectivity index (χ1n) is 10.3. The third kappa shape index (κ3) is 5.59. The molecule has 0 atom stereocenters. The molecule has 5 nitrogen and oxygen atoms in total. The van der Waals surface area contributed by atoms with Gasteiger partial charge in [-0.3, -0.25) is 9.59 Å². The van der Waals surface area contributed by atoms with Crippen LogP contribution in [0.3, 0.4) is 0 Å². The van der Waals surface area contributed by atoms with E-state index in [4.69, 9.17) is 4.74 Å². The number of piperidine rings is 1. The predicted octanol–water partition coefficient (Wildman–Crippen LogP) is 3.92. The number of aryl methyl sites for hydroxylation is 1. The first-order valence-corrected chi connectivity index (χ1v) is 10.3. The van der Waals surface area contributed by atoms with Gasteiger partial charge < -0.3 is 15.0 Å². The van der Waals surface area contributed by atoms with Crippen LogP contribution in [0.4, 0.5) is 0 Å². The number of benzene rings is 2. The third-order valence-corrected chi connectivity index (χ3v) is 5.36. The normalized spacial score (nSPS) is 14.7. The van der Waals surface area contributed by atoms with E-state index in [2.05, 4.69) is 31.3 Å². The van der Waals surface area contributed by atoms with Gasteiger partial charge in [-0.05, 0) is 55.0 Å². The Morgan fingerprint density at radius 1 is 1.10 bits per heavy atom. The van der Waals surface area contributed by atoms with E-state index in [1.54, 1.807) is 0 Å². The summed E-state index contributed by atoms with van der Waals surface area (Å²) in [6, 6.07) is 15.4. The SMILES string of the molecule is Cc1ccc(C(C)C)c(OCC(=O)N2CCC(NC(=O)c3ccccc3)CC2)c1. The van der Waals surface area contributed by atoms with E-state index in [1.807, 2.05) is 48.2 Å². The Hall–Kier alpha value is -2.82. The molecule has 2 amide bonds. The molecule has 1 heterocycles. The van der Waals surface area contributed by atoms with Gasteiger partial charge in [0.15, 0.2) is 6.61 Å². The molecule has 0 radical (unpaired) electrons. The monoisotopic (exact) mass is 394 g/mol. The lowest BCUT2D eigenvalue weighted by Gasteiger charge is -2.32. The first kappa shape index (κ1) is 20.9. The molecular formula is C24H30N2O3. The van der Waals surface area contributed by atoms with Crippen LogP contribution in [-0.2, 0) is 4.79 Å². The molecule has 1 aliphatic rings. The van der Waals surface area contributed by atoms with Crippen molar-refractivity contribution in [2.24, 2.45) is 0 Å². The number of hydrogen-bond acceptors (Lipinski definition) is 3. The molecule has 0 aliphatic carbocycles. The fraction of sp³-hybridized carbons (Fsp3) is 0.417. The number of amides is 2. The minimum absolute atomic E-state index is 0.00551. The summed E-state index contributed by atoms with van der Waals surface area (Å²) in [5, 5.41) is 3.07. The number of likely N-dealkylation sites (tertiary alicyclic amines) is 1. The van der Waals surface area contributed by atoms with Gasteiger partial charge in [-0.15, -0.1) is 0 Å². The number of carbonyl (C=O) groups excluding carboxylic acids is 2. The minimum Gasteiger partial charge on any atom is -0.483 e. The van der Waals surface area contributed by atoms with Crippen LogP contribution >= 0.6 is 0 Å². The highest BCUT2D eigenvalue weighted by Crippen LogP contribution is 2.27. The number of ether oxygens (including phenoxy) is 1. The summed E-state index contributed by atoms with van der Waals surface area (Å²) in [5.74, 6) is 1.07. The predicted molar refractivity (Wildman–Crippen MR) is 114 cm³/mol. The summed E-state index contributed by atoms with van der Waals surface area (Å²) < 4.78 is 5.88. The molecule has 2 aromatic carbocycles. The Morgan fingerprint density at radius 2 is 1.79 bits per heavy atom. The average molecular weight is 395 g/mol. The van der Waals surface area contributed by atoms with Gasteiger partial charge in [0, 0.05) is 24.7 Å². The topological polar surface area (TPSA) is 58.6 Å². The van der Waals surface area contributed by atoms with Crippen LogP contribution in [-0.4, -0.2) is 42.5 Å². The van der Waals surface area contributed by atoms with Crippen molar-refractivity contribution in [3.63, 3.8) is 0 Å². The second-order valence-corrected chi connectivity index (χ2v) is 7.98. The molecule has 0 unspecified atom stereocenters. The van der Waals surface area contributed by atoms with E-state index < -0.39 is 0 Å². The first-order chi connectivity index (χ1) is 13.9. The van der Waals surface area contributed by atoms with Gasteiger partial charge in [-0.2, -0.15) is 0 Å². The molecular weight excluding hydrogens is 364 g/mol. The fourth-order valence-electron chi connectivity index (χ4n) is 3.61. The van der Waals surface area contributed by atoms with Crippen LogP contribution in [0.5, 0.6) is 5.75 Å². The van der Waals surface area contributed by atoms with Crippen molar-refractivity contribution < 1.29 is 14.3 Å². The molecule has 1 fully saturated rings. The van der Waals surface area contributed by atoms with E-state index in [9.17, 15) is 9.59 Å². The van der Waals surface area contributed by atoms with Crippen molar-refractivity contribution in [2.45, 2.75) is 45.6 Å². The summed E-state index contributed by atoms with van der Waals surface area (Å²) in [6.45, 7) is 7.57. The highest BCUT2D eigenvalue weighted by molar-refractivity contribution is 5.94. The fourth-order valence-corrected chi connectivity index (χ4v) is 3.61. The Morgan fingerprint density at radius 3 is 2.45 bits per heavy atom. The zero-order valence-electron chi connectivity index (χ0n) is 17.5. The number of rotatable bonds is 6. The quantitative estimate of drug-likeness (QED) is 0.808. The summed E-state index contributed by atoms with van der Waals surface area (Å²) in [4.78, 5) is 26.7. The minimum atomic E-state index is -0.0561. The Kier molecular flexibility index (Phi) is 6.91. The van der Waals surface area contributed by atoms with Crippen molar-refractivity contribution in [2.75, 3.05) is 19.7 Å². The van der Waals surface area contributed by atoms with Gasteiger partial charge in [-0.1, -0.05) is 44.2 Å². The maximum Gasteiger partial charge on any atom is 0.260 e. The Labute approximate surface area is 173 Å². The molecule has 1 saturated heterocycles. The van der Waals surface area contributed by atoms with Crippen LogP contribution in [0, 0.1) is 6.92 Å². The molecule has 0 bridgehead atoms. The smallest absolute Gasteiger partial charge is 0.260 e.